The Labute approximate surface area is 127 Å². The molecule has 0 heterocycles. The largest absolute Gasteiger partial charge is 0.495 e. The van der Waals surface area contributed by atoms with E-state index in [4.69, 9.17) is 4.74 Å². The number of hydrogen-bond acceptors (Lipinski definition) is 5. The summed E-state index contributed by atoms with van der Waals surface area (Å²) in [6.07, 6.45) is 3.38. The van der Waals surface area contributed by atoms with Gasteiger partial charge in [0.25, 0.3) is 5.69 Å². The normalized spacial score (nSPS) is 11.4. The van der Waals surface area contributed by atoms with Crippen molar-refractivity contribution in [1.82, 2.24) is 0 Å². The van der Waals surface area contributed by atoms with Crippen LogP contribution >= 0.6 is 0 Å². The summed E-state index contributed by atoms with van der Waals surface area (Å²) < 4.78 is 5.23. The zero-order valence-electron chi connectivity index (χ0n) is 12.0. The fourth-order valence-corrected chi connectivity index (χ4v) is 1.69. The van der Waals surface area contributed by atoms with Crippen LogP contribution in [-0.2, 0) is 4.74 Å². The Kier molecular flexibility index (Phi) is 5.25. The molecule has 22 heavy (non-hydrogen) atoms. The lowest BCUT2D eigenvalue weighted by atomic mass is 10.2. The van der Waals surface area contributed by atoms with Gasteiger partial charge >= 0.3 is 0 Å². The Bertz CT molecular complexity index is 680. The van der Waals surface area contributed by atoms with E-state index in [1.165, 1.54) is 18.3 Å². The standard InChI is InChI=1S/C16H15N3O3/c1-22-16(11-13-5-3-2-4-6-13)12-17-18-14-7-9-15(10-8-14)19(20)21/h2-12,18H,1H3/b16-11-,17-12+. The van der Waals surface area contributed by atoms with E-state index in [0.29, 0.717) is 11.4 Å². The molecule has 0 fully saturated rings. The molecular weight excluding hydrogens is 282 g/mol. The fourth-order valence-electron chi connectivity index (χ4n) is 1.69. The topological polar surface area (TPSA) is 76.8 Å². The highest BCUT2D eigenvalue weighted by Crippen LogP contribution is 2.15. The second-order valence-corrected chi connectivity index (χ2v) is 4.34. The Morgan fingerprint density at radius 2 is 1.86 bits per heavy atom. The number of hydrogen-bond donors (Lipinski definition) is 1. The van der Waals surface area contributed by atoms with Gasteiger partial charge in [0, 0.05) is 12.1 Å². The zero-order chi connectivity index (χ0) is 15.8. The Morgan fingerprint density at radius 1 is 1.18 bits per heavy atom. The maximum atomic E-state index is 10.6. The van der Waals surface area contributed by atoms with Crippen molar-refractivity contribution in [3.8, 4) is 0 Å². The summed E-state index contributed by atoms with van der Waals surface area (Å²) in [5, 5.41) is 14.6. The van der Waals surface area contributed by atoms with Gasteiger partial charge in [-0.3, -0.25) is 15.5 Å². The summed E-state index contributed by atoms with van der Waals surface area (Å²) in [6.45, 7) is 0. The van der Waals surface area contributed by atoms with Crippen molar-refractivity contribution < 1.29 is 9.66 Å². The minimum Gasteiger partial charge on any atom is -0.495 e. The number of non-ortho nitro benzene ring substituents is 1. The van der Waals surface area contributed by atoms with Crippen LogP contribution in [0, 0.1) is 10.1 Å². The smallest absolute Gasteiger partial charge is 0.269 e. The average Bonchev–Trinajstić information content (AvgIpc) is 2.55. The molecule has 0 bridgehead atoms. The van der Waals surface area contributed by atoms with E-state index >= 15 is 0 Å². The maximum absolute atomic E-state index is 10.6. The van der Waals surface area contributed by atoms with Gasteiger partial charge in [-0.05, 0) is 23.8 Å². The third-order valence-electron chi connectivity index (χ3n) is 2.81. The highest BCUT2D eigenvalue weighted by atomic mass is 16.6. The molecule has 0 atom stereocenters. The van der Waals surface area contributed by atoms with Gasteiger partial charge in [-0.25, -0.2) is 0 Å². The number of ether oxygens (including phenoxy) is 1. The number of anilines is 1. The summed E-state index contributed by atoms with van der Waals surface area (Å²) in [4.78, 5) is 10.1. The summed E-state index contributed by atoms with van der Waals surface area (Å²) >= 11 is 0. The fraction of sp³-hybridized carbons (Fsp3) is 0.0625. The summed E-state index contributed by atoms with van der Waals surface area (Å²) in [6, 6.07) is 15.7. The van der Waals surface area contributed by atoms with Crippen molar-refractivity contribution in [3.63, 3.8) is 0 Å². The van der Waals surface area contributed by atoms with Crippen LogP contribution < -0.4 is 5.43 Å². The van der Waals surface area contributed by atoms with E-state index < -0.39 is 4.92 Å². The maximum Gasteiger partial charge on any atom is 0.269 e. The van der Waals surface area contributed by atoms with Crippen molar-refractivity contribution in [2.24, 2.45) is 5.10 Å². The number of allylic oxidation sites excluding steroid dienone is 1. The quantitative estimate of drug-likeness (QED) is 0.382. The first-order valence-corrected chi connectivity index (χ1v) is 6.53. The molecule has 6 nitrogen and oxygen atoms in total. The first-order valence-electron chi connectivity index (χ1n) is 6.53. The Balaban J connectivity index is 2.01. The Hall–Kier alpha value is -3.15. The molecule has 0 saturated heterocycles. The second kappa shape index (κ2) is 7.58. The summed E-state index contributed by atoms with van der Waals surface area (Å²) in [5.41, 5.74) is 4.48. The monoisotopic (exact) mass is 297 g/mol. The molecule has 0 amide bonds. The van der Waals surface area contributed by atoms with Crippen LogP contribution in [0.5, 0.6) is 0 Å². The van der Waals surface area contributed by atoms with Gasteiger partial charge in [0.05, 0.1) is 23.9 Å². The first kappa shape index (κ1) is 15.2. The van der Waals surface area contributed by atoms with E-state index in [-0.39, 0.29) is 5.69 Å². The molecule has 6 heteroatoms. The number of nitro benzene ring substituents is 1. The highest BCUT2D eigenvalue weighted by molar-refractivity contribution is 5.83. The van der Waals surface area contributed by atoms with Gasteiger partial charge in [-0.15, -0.1) is 0 Å². The molecule has 0 aliphatic heterocycles. The lowest BCUT2D eigenvalue weighted by Crippen LogP contribution is -1.94. The second-order valence-electron chi connectivity index (χ2n) is 4.34. The first-order chi connectivity index (χ1) is 10.7. The lowest BCUT2D eigenvalue weighted by Gasteiger charge is -2.02. The highest BCUT2D eigenvalue weighted by Gasteiger charge is 2.02. The molecule has 0 aliphatic carbocycles. The SMILES string of the molecule is COC(=C\c1ccccc1)/C=N/Nc1ccc([N+](=O)[O-])cc1. The van der Waals surface area contributed by atoms with Crippen molar-refractivity contribution in [3.05, 3.63) is 76.0 Å². The van der Waals surface area contributed by atoms with Gasteiger partial charge in [-0.1, -0.05) is 30.3 Å². The van der Waals surface area contributed by atoms with Crippen LogP contribution in [0.15, 0.2) is 65.5 Å². The zero-order valence-corrected chi connectivity index (χ0v) is 12.0. The van der Waals surface area contributed by atoms with Crippen LogP contribution in [0.2, 0.25) is 0 Å². The van der Waals surface area contributed by atoms with E-state index in [2.05, 4.69) is 10.5 Å². The lowest BCUT2D eigenvalue weighted by molar-refractivity contribution is -0.384. The van der Waals surface area contributed by atoms with Gasteiger partial charge in [0.2, 0.25) is 0 Å². The number of methoxy groups -OCH3 is 1. The van der Waals surface area contributed by atoms with Gasteiger partial charge in [0.1, 0.15) is 5.76 Å². The van der Waals surface area contributed by atoms with Gasteiger partial charge in [-0.2, -0.15) is 5.10 Å². The predicted octanol–water partition coefficient (Wildman–Crippen LogP) is 3.68. The molecule has 0 radical (unpaired) electrons. The number of hydrazone groups is 1. The van der Waals surface area contributed by atoms with Crippen molar-refractivity contribution >= 4 is 23.7 Å². The van der Waals surface area contributed by atoms with E-state index in [1.54, 1.807) is 19.2 Å². The summed E-state index contributed by atoms with van der Waals surface area (Å²) in [5.74, 6) is 0.584. The third-order valence-corrected chi connectivity index (χ3v) is 2.81. The minimum absolute atomic E-state index is 0.0380. The molecule has 2 rings (SSSR count). The van der Waals surface area contributed by atoms with Crippen LogP contribution in [0.25, 0.3) is 6.08 Å². The molecule has 0 saturated carbocycles. The molecule has 0 aromatic heterocycles. The number of rotatable bonds is 6. The van der Waals surface area contributed by atoms with Crippen molar-refractivity contribution in [2.45, 2.75) is 0 Å². The summed E-state index contributed by atoms with van der Waals surface area (Å²) in [7, 11) is 1.56. The van der Waals surface area contributed by atoms with E-state index in [1.807, 2.05) is 36.4 Å². The van der Waals surface area contributed by atoms with Gasteiger partial charge < -0.3 is 4.74 Å². The molecule has 2 aromatic carbocycles. The Morgan fingerprint density at radius 3 is 2.45 bits per heavy atom. The predicted molar refractivity (Wildman–Crippen MR) is 86.6 cm³/mol. The number of nitro groups is 1. The molecular formula is C16H15N3O3. The van der Waals surface area contributed by atoms with Crippen molar-refractivity contribution in [2.75, 3.05) is 12.5 Å². The van der Waals surface area contributed by atoms with E-state index in [9.17, 15) is 10.1 Å². The van der Waals surface area contributed by atoms with Crippen LogP contribution in [0.3, 0.4) is 0 Å². The van der Waals surface area contributed by atoms with Crippen LogP contribution in [0.1, 0.15) is 5.56 Å². The van der Waals surface area contributed by atoms with Crippen molar-refractivity contribution in [1.29, 1.82) is 0 Å². The number of nitrogens with zero attached hydrogens (tertiary/aromatic N) is 2. The van der Waals surface area contributed by atoms with E-state index in [0.717, 1.165) is 5.56 Å². The molecule has 0 spiro atoms. The third kappa shape index (κ3) is 4.45. The molecule has 2 aromatic rings. The molecule has 0 aliphatic rings. The van der Waals surface area contributed by atoms with Crippen LogP contribution in [0.4, 0.5) is 11.4 Å². The average molecular weight is 297 g/mol. The van der Waals surface area contributed by atoms with Crippen LogP contribution in [-0.4, -0.2) is 18.2 Å². The number of nitrogens with one attached hydrogen (secondary N) is 1. The molecule has 112 valence electrons. The molecule has 1 N–H and O–H groups in total. The molecule has 0 unspecified atom stereocenters. The minimum atomic E-state index is -0.446. The van der Waals surface area contributed by atoms with Gasteiger partial charge in [0.15, 0.2) is 0 Å². The number of benzene rings is 2.